The molecule has 0 unspecified atom stereocenters. The fourth-order valence-corrected chi connectivity index (χ4v) is 2.42. The highest BCUT2D eigenvalue weighted by molar-refractivity contribution is 6.02. The third kappa shape index (κ3) is 2.07. The molecule has 0 saturated heterocycles. The summed E-state index contributed by atoms with van der Waals surface area (Å²) in [5, 5.41) is 11.8. The molecular formula is C13H14FN5O. The molecule has 3 rings (SSSR count). The molecule has 1 aromatic carbocycles. The van der Waals surface area contributed by atoms with E-state index in [4.69, 9.17) is 10.9 Å². The van der Waals surface area contributed by atoms with Crippen molar-refractivity contribution >= 4 is 11.5 Å². The van der Waals surface area contributed by atoms with Crippen molar-refractivity contribution < 1.29 is 9.60 Å². The normalized spacial score (nSPS) is 15.2. The van der Waals surface area contributed by atoms with E-state index in [9.17, 15) is 4.39 Å². The van der Waals surface area contributed by atoms with Gasteiger partial charge in [-0.1, -0.05) is 5.16 Å². The van der Waals surface area contributed by atoms with Crippen LogP contribution in [0.2, 0.25) is 0 Å². The fourth-order valence-electron chi connectivity index (χ4n) is 2.42. The van der Waals surface area contributed by atoms with Crippen LogP contribution >= 0.6 is 0 Å². The Morgan fingerprint density at radius 3 is 3.05 bits per heavy atom. The lowest BCUT2D eigenvalue weighted by Crippen LogP contribution is -2.35. The second-order valence-electron chi connectivity index (χ2n) is 4.61. The molecule has 0 spiro atoms. The first-order chi connectivity index (χ1) is 9.69. The molecule has 3 N–H and O–H groups in total. The number of nitrogens with zero attached hydrogens (tertiary/aromatic N) is 4. The van der Waals surface area contributed by atoms with E-state index in [0.29, 0.717) is 12.1 Å². The summed E-state index contributed by atoms with van der Waals surface area (Å²) in [6.07, 6.45) is 3.69. The number of amidine groups is 1. The predicted molar refractivity (Wildman–Crippen MR) is 72.2 cm³/mol. The standard InChI is InChI=1S/C13H14FN5O/c14-9-1-2-11(10(7-9)13(15)17-20)19-6-5-18-4-3-16-12(18)8-19/h1-4,7,20H,5-6,8H2,(H2,15,17). The topological polar surface area (TPSA) is 79.7 Å². The Morgan fingerprint density at radius 1 is 1.40 bits per heavy atom. The predicted octanol–water partition coefficient (Wildman–Crippen LogP) is 1.14. The molecule has 6 nitrogen and oxygen atoms in total. The maximum absolute atomic E-state index is 13.4. The van der Waals surface area contributed by atoms with Crippen molar-refractivity contribution in [1.82, 2.24) is 9.55 Å². The van der Waals surface area contributed by atoms with E-state index < -0.39 is 5.82 Å². The van der Waals surface area contributed by atoms with E-state index in [1.807, 2.05) is 11.1 Å². The van der Waals surface area contributed by atoms with Crippen LogP contribution in [0.1, 0.15) is 11.4 Å². The van der Waals surface area contributed by atoms with Crippen molar-refractivity contribution in [2.24, 2.45) is 10.9 Å². The molecule has 104 valence electrons. The molecule has 1 aliphatic rings. The quantitative estimate of drug-likeness (QED) is 0.373. The Morgan fingerprint density at radius 2 is 2.25 bits per heavy atom. The highest BCUT2D eigenvalue weighted by Crippen LogP contribution is 2.25. The summed E-state index contributed by atoms with van der Waals surface area (Å²) in [6.45, 7) is 2.15. The summed E-state index contributed by atoms with van der Waals surface area (Å²) >= 11 is 0. The number of imidazole rings is 1. The zero-order chi connectivity index (χ0) is 14.1. The second kappa shape index (κ2) is 4.84. The maximum atomic E-state index is 13.4. The number of oxime groups is 1. The number of hydrogen-bond donors (Lipinski definition) is 2. The minimum absolute atomic E-state index is 0.103. The Hall–Kier alpha value is -2.57. The highest BCUT2D eigenvalue weighted by atomic mass is 19.1. The molecule has 1 aromatic heterocycles. The largest absolute Gasteiger partial charge is 0.409 e. The molecule has 0 amide bonds. The summed E-state index contributed by atoms with van der Waals surface area (Å²) in [7, 11) is 0. The van der Waals surface area contributed by atoms with Crippen molar-refractivity contribution in [3.63, 3.8) is 0 Å². The Balaban J connectivity index is 1.99. The van der Waals surface area contributed by atoms with E-state index in [2.05, 4.69) is 14.7 Å². The molecule has 20 heavy (non-hydrogen) atoms. The van der Waals surface area contributed by atoms with Gasteiger partial charge in [0.2, 0.25) is 0 Å². The van der Waals surface area contributed by atoms with Gasteiger partial charge in [0.05, 0.1) is 6.54 Å². The van der Waals surface area contributed by atoms with Crippen molar-refractivity contribution in [2.75, 3.05) is 11.4 Å². The van der Waals surface area contributed by atoms with Crippen LogP contribution in [0.4, 0.5) is 10.1 Å². The average molecular weight is 275 g/mol. The van der Waals surface area contributed by atoms with Gasteiger partial charge >= 0.3 is 0 Å². The van der Waals surface area contributed by atoms with E-state index in [1.165, 1.54) is 12.1 Å². The molecule has 1 aliphatic heterocycles. The summed E-state index contributed by atoms with van der Waals surface area (Å²) in [4.78, 5) is 6.32. The van der Waals surface area contributed by atoms with E-state index in [-0.39, 0.29) is 5.84 Å². The molecule has 0 aliphatic carbocycles. The first kappa shape index (κ1) is 12.5. The number of fused-ring (bicyclic) bond motifs is 1. The smallest absolute Gasteiger partial charge is 0.172 e. The van der Waals surface area contributed by atoms with Crippen molar-refractivity contribution in [3.8, 4) is 0 Å². The van der Waals surface area contributed by atoms with Gasteiger partial charge in [-0.2, -0.15) is 0 Å². The molecule has 0 bridgehead atoms. The Bertz CT molecular complexity index is 667. The monoisotopic (exact) mass is 275 g/mol. The first-order valence-corrected chi connectivity index (χ1v) is 6.21. The van der Waals surface area contributed by atoms with Crippen LogP contribution in [0, 0.1) is 5.82 Å². The van der Waals surface area contributed by atoms with Gasteiger partial charge in [-0.05, 0) is 18.2 Å². The summed E-state index contributed by atoms with van der Waals surface area (Å²) in [6, 6.07) is 4.28. The van der Waals surface area contributed by atoms with Crippen LogP contribution in [-0.2, 0) is 13.1 Å². The minimum Gasteiger partial charge on any atom is -0.409 e. The lowest BCUT2D eigenvalue weighted by atomic mass is 10.1. The third-order valence-corrected chi connectivity index (χ3v) is 3.43. The summed E-state index contributed by atoms with van der Waals surface area (Å²) in [5.41, 5.74) is 6.75. The Kier molecular flexibility index (Phi) is 3.02. The lowest BCUT2D eigenvalue weighted by Gasteiger charge is -2.31. The average Bonchev–Trinajstić information content (AvgIpc) is 2.93. The number of nitrogens with two attached hydrogens (primary N) is 1. The van der Waals surface area contributed by atoms with Crippen molar-refractivity contribution in [2.45, 2.75) is 13.1 Å². The number of halogens is 1. The summed E-state index contributed by atoms with van der Waals surface area (Å²) in [5.74, 6) is 0.410. The molecule has 0 saturated carbocycles. The van der Waals surface area contributed by atoms with Crippen LogP contribution in [0.25, 0.3) is 0 Å². The molecule has 0 radical (unpaired) electrons. The molecule has 7 heteroatoms. The first-order valence-electron chi connectivity index (χ1n) is 6.21. The molecule has 2 heterocycles. The number of benzene rings is 1. The zero-order valence-electron chi connectivity index (χ0n) is 10.7. The van der Waals surface area contributed by atoms with Crippen LogP contribution in [0.5, 0.6) is 0 Å². The van der Waals surface area contributed by atoms with Gasteiger partial charge in [0.25, 0.3) is 0 Å². The van der Waals surface area contributed by atoms with Gasteiger partial charge in [0, 0.05) is 36.7 Å². The SMILES string of the molecule is NC(=NO)c1cc(F)ccc1N1CCn2ccnc2C1. The van der Waals surface area contributed by atoms with Crippen LogP contribution in [0.3, 0.4) is 0 Å². The third-order valence-electron chi connectivity index (χ3n) is 3.43. The van der Waals surface area contributed by atoms with Crippen molar-refractivity contribution in [3.05, 3.63) is 47.8 Å². The van der Waals surface area contributed by atoms with Crippen molar-refractivity contribution in [1.29, 1.82) is 0 Å². The maximum Gasteiger partial charge on any atom is 0.172 e. The molecular weight excluding hydrogens is 261 g/mol. The van der Waals surface area contributed by atoms with E-state index >= 15 is 0 Å². The number of rotatable bonds is 2. The second-order valence-corrected chi connectivity index (χ2v) is 4.61. The molecule has 0 fully saturated rings. The molecule has 0 atom stereocenters. The number of hydrogen-bond acceptors (Lipinski definition) is 4. The van der Waals surface area contributed by atoms with Crippen LogP contribution in [-0.4, -0.2) is 27.1 Å². The zero-order valence-corrected chi connectivity index (χ0v) is 10.7. The van der Waals surface area contributed by atoms with E-state index in [1.54, 1.807) is 12.3 Å². The van der Waals surface area contributed by atoms with E-state index in [0.717, 1.165) is 24.6 Å². The highest BCUT2D eigenvalue weighted by Gasteiger charge is 2.20. The van der Waals surface area contributed by atoms with Gasteiger partial charge in [0.15, 0.2) is 5.84 Å². The lowest BCUT2D eigenvalue weighted by molar-refractivity contribution is 0.318. The van der Waals surface area contributed by atoms with Gasteiger partial charge in [-0.3, -0.25) is 0 Å². The van der Waals surface area contributed by atoms with Gasteiger partial charge in [-0.25, -0.2) is 9.37 Å². The summed E-state index contributed by atoms with van der Waals surface area (Å²) < 4.78 is 15.4. The van der Waals surface area contributed by atoms with Gasteiger partial charge in [-0.15, -0.1) is 0 Å². The number of anilines is 1. The minimum atomic E-state index is -0.422. The Labute approximate surface area is 114 Å². The number of aromatic nitrogens is 2. The molecule has 2 aromatic rings. The fraction of sp³-hybridized carbons (Fsp3) is 0.231. The van der Waals surface area contributed by atoms with Crippen LogP contribution < -0.4 is 10.6 Å². The van der Waals surface area contributed by atoms with Crippen LogP contribution in [0.15, 0.2) is 35.7 Å². The van der Waals surface area contributed by atoms with Gasteiger partial charge < -0.3 is 20.4 Å². The van der Waals surface area contributed by atoms with Gasteiger partial charge in [0.1, 0.15) is 11.6 Å².